The van der Waals surface area contributed by atoms with Gasteiger partial charge < -0.3 is 10.2 Å². The molecule has 134 valence electrons. The molecule has 3 amide bonds. The second kappa shape index (κ2) is 8.41. The quantitative estimate of drug-likeness (QED) is 0.495. The molecule has 1 heterocycles. The van der Waals surface area contributed by atoms with Gasteiger partial charge in [-0.05, 0) is 56.9 Å². The molecule has 0 unspecified atom stereocenters. The van der Waals surface area contributed by atoms with Crippen LogP contribution >= 0.6 is 0 Å². The van der Waals surface area contributed by atoms with E-state index in [4.69, 9.17) is 0 Å². The van der Waals surface area contributed by atoms with Crippen LogP contribution in [0.25, 0.3) is 0 Å². The molecule has 1 aromatic carbocycles. The molecule has 0 atom stereocenters. The second-order valence-corrected chi connectivity index (χ2v) is 6.31. The average Bonchev–Trinajstić information content (AvgIpc) is 3.09. The number of benzene rings is 1. The van der Waals surface area contributed by atoms with Crippen molar-refractivity contribution in [1.29, 1.82) is 0 Å². The van der Waals surface area contributed by atoms with Gasteiger partial charge in [0.05, 0.1) is 6.42 Å². The number of likely N-dealkylation sites (tertiary alicyclic amines) is 1. The van der Waals surface area contributed by atoms with E-state index < -0.39 is 11.8 Å². The van der Waals surface area contributed by atoms with Gasteiger partial charge in [0, 0.05) is 24.5 Å². The maximum absolute atomic E-state index is 12.0. The summed E-state index contributed by atoms with van der Waals surface area (Å²) in [6.45, 7) is 6.82. The van der Waals surface area contributed by atoms with Crippen molar-refractivity contribution in [1.82, 2.24) is 10.3 Å². The zero-order chi connectivity index (χ0) is 18.4. The number of nitrogens with zero attached hydrogens (tertiary/aromatic N) is 2. The zero-order valence-corrected chi connectivity index (χ0v) is 14.9. The minimum absolute atomic E-state index is 0.0328. The summed E-state index contributed by atoms with van der Waals surface area (Å²) in [5, 5.41) is 6.63. The van der Waals surface area contributed by atoms with Crippen LogP contribution < -0.4 is 10.7 Å². The van der Waals surface area contributed by atoms with Gasteiger partial charge in [-0.25, -0.2) is 5.43 Å². The molecule has 0 spiro atoms. The summed E-state index contributed by atoms with van der Waals surface area (Å²) < 4.78 is 0. The van der Waals surface area contributed by atoms with Crippen molar-refractivity contribution in [3.63, 3.8) is 0 Å². The highest BCUT2D eigenvalue weighted by atomic mass is 16.2. The lowest BCUT2D eigenvalue weighted by Gasteiger charge is -2.13. The maximum atomic E-state index is 12.0. The van der Waals surface area contributed by atoms with Gasteiger partial charge in [-0.15, -0.1) is 0 Å². The van der Waals surface area contributed by atoms with E-state index in [1.54, 1.807) is 6.92 Å². The highest BCUT2D eigenvalue weighted by Crippen LogP contribution is 2.14. The first-order valence-corrected chi connectivity index (χ1v) is 8.36. The first kappa shape index (κ1) is 18.6. The van der Waals surface area contributed by atoms with Gasteiger partial charge in [0.2, 0.25) is 5.91 Å². The predicted octanol–water partition coefficient (Wildman–Crippen LogP) is 1.75. The van der Waals surface area contributed by atoms with Crippen LogP contribution in [0.4, 0.5) is 5.69 Å². The molecule has 1 saturated heterocycles. The molecule has 2 rings (SSSR count). The Labute approximate surface area is 147 Å². The van der Waals surface area contributed by atoms with Gasteiger partial charge >= 0.3 is 11.8 Å². The van der Waals surface area contributed by atoms with Crippen LogP contribution in [-0.4, -0.2) is 41.4 Å². The Morgan fingerprint density at radius 2 is 1.80 bits per heavy atom. The Bertz CT molecular complexity index is 706. The van der Waals surface area contributed by atoms with E-state index in [1.807, 2.05) is 32.0 Å². The van der Waals surface area contributed by atoms with E-state index in [0.29, 0.717) is 24.5 Å². The van der Waals surface area contributed by atoms with E-state index >= 15 is 0 Å². The van der Waals surface area contributed by atoms with E-state index in [0.717, 1.165) is 24.0 Å². The zero-order valence-electron chi connectivity index (χ0n) is 14.9. The monoisotopic (exact) mass is 344 g/mol. The standard InChI is InChI=1S/C18H24N4O3/c1-12-6-7-15(10-13(12)2)19-16(23)11-14(3)20-21-17(24)18(25)22-8-4-5-9-22/h6-7,10H,4-5,8-9,11H2,1-3H3,(H,19,23)(H,21,24)/b20-14-. The van der Waals surface area contributed by atoms with Crippen LogP contribution in [0.3, 0.4) is 0 Å². The fourth-order valence-electron chi connectivity index (χ4n) is 2.55. The number of hydrogen-bond acceptors (Lipinski definition) is 4. The lowest BCUT2D eigenvalue weighted by Crippen LogP contribution is -2.40. The third-order valence-electron chi connectivity index (χ3n) is 4.14. The van der Waals surface area contributed by atoms with Crippen LogP contribution in [0.5, 0.6) is 0 Å². The number of hydrogen-bond donors (Lipinski definition) is 2. The molecule has 7 heteroatoms. The molecular weight excluding hydrogens is 320 g/mol. The summed E-state index contributed by atoms with van der Waals surface area (Å²) in [6.07, 6.45) is 1.87. The summed E-state index contributed by atoms with van der Waals surface area (Å²) in [7, 11) is 0. The third-order valence-corrected chi connectivity index (χ3v) is 4.14. The minimum atomic E-state index is -0.768. The van der Waals surface area contributed by atoms with Crippen molar-refractivity contribution < 1.29 is 14.4 Å². The number of nitrogens with one attached hydrogen (secondary N) is 2. The summed E-state index contributed by atoms with van der Waals surface area (Å²) in [6, 6.07) is 5.68. The van der Waals surface area contributed by atoms with Crippen molar-refractivity contribution in [2.24, 2.45) is 5.10 Å². The molecule has 0 saturated carbocycles. The Balaban J connectivity index is 1.83. The van der Waals surface area contributed by atoms with Gasteiger partial charge in [0.25, 0.3) is 0 Å². The van der Waals surface area contributed by atoms with E-state index in [9.17, 15) is 14.4 Å². The maximum Gasteiger partial charge on any atom is 0.329 e. The Hall–Kier alpha value is -2.70. The molecule has 0 radical (unpaired) electrons. The highest BCUT2D eigenvalue weighted by Gasteiger charge is 2.24. The van der Waals surface area contributed by atoms with Gasteiger partial charge in [-0.2, -0.15) is 5.10 Å². The molecule has 25 heavy (non-hydrogen) atoms. The number of anilines is 1. The summed E-state index contributed by atoms with van der Waals surface area (Å²) in [4.78, 5) is 37.2. The molecule has 1 aliphatic rings. The smallest absolute Gasteiger partial charge is 0.329 e. The topological polar surface area (TPSA) is 90.9 Å². The normalized spacial score (nSPS) is 14.4. The van der Waals surface area contributed by atoms with Crippen molar-refractivity contribution >= 4 is 29.1 Å². The van der Waals surface area contributed by atoms with E-state index in [2.05, 4.69) is 15.8 Å². The molecule has 1 aromatic rings. The van der Waals surface area contributed by atoms with E-state index in [-0.39, 0.29) is 12.3 Å². The molecule has 1 aliphatic heterocycles. The number of aryl methyl sites for hydroxylation is 2. The van der Waals surface area contributed by atoms with Crippen LogP contribution in [0.1, 0.15) is 37.3 Å². The van der Waals surface area contributed by atoms with Gasteiger partial charge in [0.1, 0.15) is 0 Å². The summed E-state index contributed by atoms with van der Waals surface area (Å²) in [5.41, 5.74) is 5.61. The lowest BCUT2D eigenvalue weighted by atomic mass is 10.1. The van der Waals surface area contributed by atoms with Gasteiger partial charge in [-0.1, -0.05) is 6.07 Å². The molecular formula is C18H24N4O3. The van der Waals surface area contributed by atoms with Crippen LogP contribution in [-0.2, 0) is 14.4 Å². The SMILES string of the molecule is C/C(CC(=O)Nc1ccc(C)c(C)c1)=N/NC(=O)C(=O)N1CCCC1. The summed E-state index contributed by atoms with van der Waals surface area (Å²) >= 11 is 0. The van der Waals surface area contributed by atoms with Gasteiger partial charge in [0.15, 0.2) is 0 Å². The number of hydrazone groups is 1. The molecule has 0 aromatic heterocycles. The first-order chi connectivity index (χ1) is 11.9. The summed E-state index contributed by atoms with van der Waals surface area (Å²) in [5.74, 6) is -1.57. The lowest BCUT2D eigenvalue weighted by molar-refractivity contribution is -0.145. The number of carbonyl (C=O) groups excluding carboxylic acids is 3. The molecule has 2 N–H and O–H groups in total. The fraction of sp³-hybridized carbons (Fsp3) is 0.444. The van der Waals surface area contributed by atoms with Gasteiger partial charge in [-0.3, -0.25) is 14.4 Å². The first-order valence-electron chi connectivity index (χ1n) is 8.36. The Morgan fingerprint density at radius 3 is 2.44 bits per heavy atom. The number of carbonyl (C=O) groups is 3. The third kappa shape index (κ3) is 5.41. The largest absolute Gasteiger partial charge is 0.334 e. The van der Waals surface area contributed by atoms with Crippen LogP contribution in [0, 0.1) is 13.8 Å². The van der Waals surface area contributed by atoms with E-state index in [1.165, 1.54) is 4.90 Å². The number of amides is 3. The Morgan fingerprint density at radius 1 is 1.12 bits per heavy atom. The van der Waals surface area contributed by atoms with Crippen molar-refractivity contribution in [3.05, 3.63) is 29.3 Å². The molecule has 0 bridgehead atoms. The predicted molar refractivity (Wildman–Crippen MR) is 96.2 cm³/mol. The fourth-order valence-corrected chi connectivity index (χ4v) is 2.55. The van der Waals surface area contributed by atoms with Crippen LogP contribution in [0.2, 0.25) is 0 Å². The van der Waals surface area contributed by atoms with Crippen molar-refractivity contribution in [3.8, 4) is 0 Å². The van der Waals surface area contributed by atoms with Crippen molar-refractivity contribution in [2.45, 2.75) is 40.0 Å². The van der Waals surface area contributed by atoms with Crippen molar-refractivity contribution in [2.75, 3.05) is 18.4 Å². The highest BCUT2D eigenvalue weighted by molar-refractivity contribution is 6.35. The van der Waals surface area contributed by atoms with Crippen LogP contribution in [0.15, 0.2) is 23.3 Å². The second-order valence-electron chi connectivity index (χ2n) is 6.31. The number of rotatable bonds is 4. The molecule has 1 fully saturated rings. The average molecular weight is 344 g/mol. The molecule has 7 nitrogen and oxygen atoms in total. The molecule has 0 aliphatic carbocycles. The minimum Gasteiger partial charge on any atom is -0.334 e. The Kier molecular flexibility index (Phi) is 6.27.